The molecule has 0 aromatic heterocycles. The van der Waals surface area contributed by atoms with Gasteiger partial charge in [-0.2, -0.15) is 0 Å². The van der Waals surface area contributed by atoms with Crippen molar-refractivity contribution in [2.45, 2.75) is 25.6 Å². The fourth-order valence-corrected chi connectivity index (χ4v) is 1.61. The molecule has 1 aromatic rings. The Morgan fingerprint density at radius 3 is 2.68 bits per heavy atom. The second kappa shape index (κ2) is 7.03. The number of halogens is 1. The Hall–Kier alpha value is -1.70. The van der Waals surface area contributed by atoms with Crippen molar-refractivity contribution in [1.82, 2.24) is 5.32 Å². The van der Waals surface area contributed by atoms with E-state index < -0.39 is 18.0 Å². The maximum Gasteiger partial charge on any atom is 0.216 e. The van der Waals surface area contributed by atoms with Crippen molar-refractivity contribution < 1.29 is 19.4 Å². The molecule has 0 aliphatic carbocycles. The van der Waals surface area contributed by atoms with E-state index in [9.17, 15) is 19.4 Å². The number of nitrogen functional groups attached to an aromatic ring is 1. The zero-order valence-corrected chi connectivity index (χ0v) is 10.6. The van der Waals surface area contributed by atoms with Gasteiger partial charge < -0.3 is 21.0 Å². The Morgan fingerprint density at radius 2 is 2.16 bits per heavy atom. The van der Waals surface area contributed by atoms with Crippen LogP contribution >= 0.6 is 0 Å². The number of hydrogen-bond donors (Lipinski definition) is 5. The molecule has 106 valence electrons. The lowest BCUT2D eigenvalue weighted by molar-refractivity contribution is -0.119. The molecule has 7 heteroatoms. The molecule has 6 nitrogen and oxygen atoms in total. The summed E-state index contributed by atoms with van der Waals surface area (Å²) in [4.78, 5) is 10.7. The van der Waals surface area contributed by atoms with E-state index in [4.69, 9.17) is 5.84 Å². The van der Waals surface area contributed by atoms with Gasteiger partial charge in [0, 0.05) is 13.5 Å². The van der Waals surface area contributed by atoms with E-state index >= 15 is 0 Å². The van der Waals surface area contributed by atoms with Crippen LogP contribution < -0.4 is 16.6 Å². The number of hydrogen-bond acceptors (Lipinski definition) is 5. The van der Waals surface area contributed by atoms with Gasteiger partial charge in [0.1, 0.15) is 11.9 Å². The largest absolute Gasteiger partial charge is 0.390 e. The fourth-order valence-electron chi connectivity index (χ4n) is 1.61. The minimum Gasteiger partial charge on any atom is -0.390 e. The van der Waals surface area contributed by atoms with Crippen molar-refractivity contribution in [2.75, 3.05) is 12.0 Å². The molecule has 1 aromatic carbocycles. The summed E-state index contributed by atoms with van der Waals surface area (Å²) in [6, 6.07) is 3.93. The maximum atomic E-state index is 13.4. The minimum atomic E-state index is -1.23. The minimum absolute atomic E-state index is 0.101. The van der Waals surface area contributed by atoms with Crippen LogP contribution in [0.3, 0.4) is 0 Å². The lowest BCUT2D eigenvalue weighted by Gasteiger charge is -2.18. The van der Waals surface area contributed by atoms with Gasteiger partial charge in [0.2, 0.25) is 5.91 Å². The number of amides is 1. The van der Waals surface area contributed by atoms with E-state index in [1.807, 2.05) is 0 Å². The number of carbonyl (C=O) groups is 1. The fraction of sp³-hybridized carbons (Fsp3) is 0.417. The second-order valence-corrected chi connectivity index (χ2v) is 4.17. The molecule has 0 bridgehead atoms. The summed E-state index contributed by atoms with van der Waals surface area (Å²) < 4.78 is 13.4. The molecular formula is C12H18FN3O3. The third-order valence-corrected chi connectivity index (χ3v) is 2.67. The highest BCUT2D eigenvalue weighted by molar-refractivity contribution is 5.72. The normalized spacial score (nSPS) is 13.7. The first-order valence-electron chi connectivity index (χ1n) is 5.82. The van der Waals surface area contributed by atoms with Crippen LogP contribution in [-0.2, 0) is 4.79 Å². The predicted octanol–water partition coefficient (Wildman–Crippen LogP) is 0.0318. The van der Waals surface area contributed by atoms with Gasteiger partial charge in [-0.3, -0.25) is 10.6 Å². The molecule has 0 aliphatic heterocycles. The van der Waals surface area contributed by atoms with Crippen molar-refractivity contribution in [3.8, 4) is 0 Å². The van der Waals surface area contributed by atoms with Crippen LogP contribution in [0, 0.1) is 5.82 Å². The van der Waals surface area contributed by atoms with Gasteiger partial charge in [-0.25, -0.2) is 4.39 Å². The molecule has 1 amide bonds. The van der Waals surface area contributed by atoms with Crippen LogP contribution in [0.25, 0.3) is 0 Å². The van der Waals surface area contributed by atoms with Gasteiger partial charge in [-0.15, -0.1) is 0 Å². The Balaban J connectivity index is 2.63. The highest BCUT2D eigenvalue weighted by Crippen LogP contribution is 2.23. The molecule has 0 saturated carbocycles. The van der Waals surface area contributed by atoms with E-state index in [1.54, 1.807) is 0 Å². The molecule has 6 N–H and O–H groups in total. The molecule has 0 fully saturated rings. The quantitative estimate of drug-likeness (QED) is 0.371. The zero-order valence-electron chi connectivity index (χ0n) is 10.6. The first kappa shape index (κ1) is 15.4. The molecule has 0 radical (unpaired) electrons. The number of aliphatic hydroxyl groups excluding tert-OH is 2. The average molecular weight is 271 g/mol. The van der Waals surface area contributed by atoms with E-state index in [1.165, 1.54) is 19.1 Å². The van der Waals surface area contributed by atoms with Gasteiger partial charge in [0.05, 0.1) is 11.8 Å². The highest BCUT2D eigenvalue weighted by Gasteiger charge is 2.19. The molecule has 0 spiro atoms. The molecule has 0 heterocycles. The van der Waals surface area contributed by atoms with E-state index in [2.05, 4.69) is 10.7 Å². The summed E-state index contributed by atoms with van der Waals surface area (Å²) in [6.45, 7) is 1.59. The van der Waals surface area contributed by atoms with Crippen LogP contribution in [0.1, 0.15) is 25.0 Å². The SMILES string of the molecule is CC(=O)NCCC(O)C(O)c1ccc(NN)c(F)c1. The number of nitrogens with one attached hydrogen (secondary N) is 2. The zero-order chi connectivity index (χ0) is 14.4. The van der Waals surface area contributed by atoms with Crippen LogP contribution in [0.15, 0.2) is 18.2 Å². The van der Waals surface area contributed by atoms with E-state index in [-0.39, 0.29) is 30.1 Å². The molecule has 2 unspecified atom stereocenters. The molecule has 2 atom stereocenters. The van der Waals surface area contributed by atoms with Crippen LogP contribution in [0.4, 0.5) is 10.1 Å². The second-order valence-electron chi connectivity index (χ2n) is 4.17. The number of hydrazine groups is 1. The Bertz CT molecular complexity index is 442. The summed E-state index contributed by atoms with van der Waals surface area (Å²) >= 11 is 0. The highest BCUT2D eigenvalue weighted by atomic mass is 19.1. The number of rotatable bonds is 6. The van der Waals surface area contributed by atoms with Crippen molar-refractivity contribution in [3.05, 3.63) is 29.6 Å². The number of benzene rings is 1. The maximum absolute atomic E-state index is 13.4. The molecule has 1 rings (SSSR count). The number of carbonyl (C=O) groups excluding carboxylic acids is 1. The summed E-state index contributed by atoms with van der Waals surface area (Å²) in [7, 11) is 0. The third kappa shape index (κ3) is 4.47. The van der Waals surface area contributed by atoms with Gasteiger partial charge in [-0.05, 0) is 24.1 Å². The first-order valence-corrected chi connectivity index (χ1v) is 5.82. The predicted molar refractivity (Wildman–Crippen MR) is 68.5 cm³/mol. The summed E-state index contributed by atoms with van der Waals surface area (Å²) in [5.74, 6) is 4.25. The smallest absolute Gasteiger partial charge is 0.216 e. The molecule has 0 aliphatic rings. The molecule has 0 saturated heterocycles. The summed E-state index contributed by atoms with van der Waals surface area (Å²) in [5, 5.41) is 22.1. The summed E-state index contributed by atoms with van der Waals surface area (Å²) in [5.41, 5.74) is 2.51. The van der Waals surface area contributed by atoms with Crippen molar-refractivity contribution in [3.63, 3.8) is 0 Å². The van der Waals surface area contributed by atoms with Gasteiger partial charge in [0.15, 0.2) is 0 Å². The van der Waals surface area contributed by atoms with Crippen molar-refractivity contribution >= 4 is 11.6 Å². The van der Waals surface area contributed by atoms with Crippen molar-refractivity contribution in [1.29, 1.82) is 0 Å². The number of aliphatic hydroxyl groups is 2. The average Bonchev–Trinajstić information content (AvgIpc) is 2.37. The van der Waals surface area contributed by atoms with Gasteiger partial charge in [0.25, 0.3) is 0 Å². The van der Waals surface area contributed by atoms with Gasteiger partial charge >= 0.3 is 0 Å². The Kier molecular flexibility index (Phi) is 5.68. The number of anilines is 1. The van der Waals surface area contributed by atoms with Crippen molar-refractivity contribution in [2.24, 2.45) is 5.84 Å². The molecule has 19 heavy (non-hydrogen) atoms. The summed E-state index contributed by atoms with van der Waals surface area (Å²) in [6.07, 6.45) is -2.16. The Labute approximate surface area is 110 Å². The third-order valence-electron chi connectivity index (χ3n) is 2.67. The molecular weight excluding hydrogens is 253 g/mol. The van der Waals surface area contributed by atoms with Crippen LogP contribution in [-0.4, -0.2) is 28.8 Å². The van der Waals surface area contributed by atoms with Gasteiger partial charge in [-0.1, -0.05) is 6.07 Å². The monoisotopic (exact) mass is 271 g/mol. The van der Waals surface area contributed by atoms with E-state index in [0.717, 1.165) is 6.07 Å². The topological polar surface area (TPSA) is 108 Å². The number of nitrogens with two attached hydrogens (primary N) is 1. The van der Waals surface area contributed by atoms with Crippen LogP contribution in [0.2, 0.25) is 0 Å². The standard InChI is InChI=1S/C12H18FN3O3/c1-7(17)15-5-4-11(18)12(19)8-2-3-10(16-14)9(13)6-8/h2-3,6,11-12,16,18-19H,4-5,14H2,1H3,(H,15,17). The Morgan fingerprint density at radius 1 is 1.47 bits per heavy atom. The lowest BCUT2D eigenvalue weighted by Crippen LogP contribution is -2.27. The van der Waals surface area contributed by atoms with E-state index in [0.29, 0.717) is 0 Å². The van der Waals surface area contributed by atoms with Crippen LogP contribution in [0.5, 0.6) is 0 Å². The lowest BCUT2D eigenvalue weighted by atomic mass is 10.0. The first-order chi connectivity index (χ1) is 8.95.